The number of nitrogen functional groups attached to an aromatic ring is 1. The Morgan fingerprint density at radius 1 is 1.04 bits per heavy atom. The largest absolute Gasteiger partial charge is 1.00 e. The average molecular weight is 349 g/mol. The Morgan fingerprint density at radius 2 is 1.71 bits per heavy atom. The second-order valence-electron chi connectivity index (χ2n) is 5.80. The van der Waals surface area contributed by atoms with Gasteiger partial charge in [-0.25, -0.2) is 4.79 Å². The third-order valence-corrected chi connectivity index (χ3v) is 3.81. The molecular formula is C19H25ClN2O2. The van der Waals surface area contributed by atoms with E-state index in [4.69, 9.17) is 10.5 Å². The van der Waals surface area contributed by atoms with E-state index in [2.05, 4.69) is 31.3 Å². The number of quaternary nitrogens is 1. The smallest absolute Gasteiger partial charge is 0.338 e. The van der Waals surface area contributed by atoms with Crippen LogP contribution in [0.2, 0.25) is 0 Å². The molecule has 3 N–H and O–H groups in total. The minimum absolute atomic E-state index is 0. The number of likely N-dealkylation sites (N-methyl/N-ethyl adjacent to an activating group) is 1. The molecule has 5 heteroatoms. The van der Waals surface area contributed by atoms with Crippen LogP contribution in [-0.2, 0) is 11.2 Å². The summed E-state index contributed by atoms with van der Waals surface area (Å²) in [6, 6.07) is 17.3. The molecule has 2 aromatic rings. The van der Waals surface area contributed by atoms with Gasteiger partial charge in [-0.2, -0.15) is 0 Å². The molecule has 0 aromatic heterocycles. The van der Waals surface area contributed by atoms with E-state index >= 15 is 0 Å². The fraction of sp³-hybridized carbons (Fsp3) is 0.316. The molecule has 0 radical (unpaired) electrons. The summed E-state index contributed by atoms with van der Waals surface area (Å²) in [6.07, 6.45) is 1.93. The third-order valence-electron chi connectivity index (χ3n) is 3.81. The van der Waals surface area contributed by atoms with Gasteiger partial charge in [-0.15, -0.1) is 0 Å². The summed E-state index contributed by atoms with van der Waals surface area (Å²) in [5.41, 5.74) is 8.15. The fourth-order valence-electron chi connectivity index (χ4n) is 2.37. The number of rotatable bonds is 8. The number of hydrogen-bond donors (Lipinski definition) is 2. The first-order valence-electron chi connectivity index (χ1n) is 8.03. The molecule has 0 aliphatic carbocycles. The highest BCUT2D eigenvalue weighted by Gasteiger charge is 2.07. The van der Waals surface area contributed by atoms with Gasteiger partial charge in [0.25, 0.3) is 0 Å². The van der Waals surface area contributed by atoms with E-state index in [-0.39, 0.29) is 18.4 Å². The van der Waals surface area contributed by atoms with Gasteiger partial charge in [0, 0.05) is 18.5 Å². The number of carbonyl (C=O) groups excluding carboxylic acids is 1. The molecule has 0 amide bonds. The minimum atomic E-state index is -0.285. The molecule has 2 rings (SSSR count). The summed E-state index contributed by atoms with van der Waals surface area (Å²) < 4.78 is 5.29. The van der Waals surface area contributed by atoms with Gasteiger partial charge in [0.15, 0.2) is 0 Å². The van der Waals surface area contributed by atoms with Crippen molar-refractivity contribution >= 4 is 11.7 Å². The van der Waals surface area contributed by atoms with Gasteiger partial charge >= 0.3 is 5.97 Å². The Hall–Kier alpha value is -2.04. The van der Waals surface area contributed by atoms with Crippen LogP contribution < -0.4 is 23.0 Å². The van der Waals surface area contributed by atoms with E-state index in [1.807, 2.05) is 6.07 Å². The van der Waals surface area contributed by atoms with E-state index in [0.29, 0.717) is 17.9 Å². The zero-order valence-corrected chi connectivity index (χ0v) is 14.8. The van der Waals surface area contributed by atoms with Gasteiger partial charge in [-0.3, -0.25) is 0 Å². The van der Waals surface area contributed by atoms with Crippen LogP contribution in [-0.4, -0.2) is 32.7 Å². The number of carbonyl (C=O) groups is 1. The van der Waals surface area contributed by atoms with Crippen LogP contribution in [0.3, 0.4) is 0 Å². The molecule has 0 aliphatic rings. The van der Waals surface area contributed by atoms with Crippen LogP contribution in [0.15, 0.2) is 54.6 Å². The Morgan fingerprint density at radius 3 is 2.38 bits per heavy atom. The van der Waals surface area contributed by atoms with Crippen molar-refractivity contribution in [2.75, 3.05) is 32.5 Å². The second kappa shape index (κ2) is 10.7. The lowest BCUT2D eigenvalue weighted by atomic mass is 10.1. The summed E-state index contributed by atoms with van der Waals surface area (Å²) in [4.78, 5) is 13.3. The number of anilines is 1. The molecule has 24 heavy (non-hydrogen) atoms. The molecule has 2 aromatic carbocycles. The van der Waals surface area contributed by atoms with Gasteiger partial charge in [0.2, 0.25) is 0 Å². The summed E-state index contributed by atoms with van der Waals surface area (Å²) in [5, 5.41) is 0. The lowest BCUT2D eigenvalue weighted by Gasteiger charge is -2.14. The van der Waals surface area contributed by atoms with Crippen LogP contribution >= 0.6 is 0 Å². The van der Waals surface area contributed by atoms with E-state index in [0.717, 1.165) is 25.9 Å². The molecule has 0 aliphatic heterocycles. The van der Waals surface area contributed by atoms with E-state index in [1.54, 1.807) is 24.3 Å². The third kappa shape index (κ3) is 7.02. The fourth-order valence-corrected chi connectivity index (χ4v) is 2.37. The minimum Gasteiger partial charge on any atom is -1.00 e. The lowest BCUT2D eigenvalue weighted by molar-refractivity contribution is -0.879. The molecule has 0 bridgehead atoms. The summed E-state index contributed by atoms with van der Waals surface area (Å²) in [7, 11) is 2.17. The molecule has 0 saturated carbocycles. The quantitative estimate of drug-likeness (QED) is 0.350. The molecule has 1 unspecified atom stereocenters. The molecule has 0 spiro atoms. The highest BCUT2D eigenvalue weighted by atomic mass is 35.5. The van der Waals surface area contributed by atoms with Crippen molar-refractivity contribution < 1.29 is 26.8 Å². The van der Waals surface area contributed by atoms with Crippen LogP contribution in [0.25, 0.3) is 0 Å². The highest BCUT2D eigenvalue weighted by Crippen LogP contribution is 2.06. The Balaban J connectivity index is 0.00000288. The molecular weight excluding hydrogens is 324 g/mol. The Bertz CT molecular complexity index is 603. The van der Waals surface area contributed by atoms with Crippen molar-refractivity contribution in [3.05, 3.63) is 65.7 Å². The maximum Gasteiger partial charge on any atom is 0.338 e. The molecule has 0 fully saturated rings. The zero-order chi connectivity index (χ0) is 16.5. The molecule has 1 atom stereocenters. The zero-order valence-electron chi connectivity index (χ0n) is 14.0. The van der Waals surface area contributed by atoms with Crippen molar-refractivity contribution in [1.82, 2.24) is 0 Å². The topological polar surface area (TPSA) is 56.8 Å². The van der Waals surface area contributed by atoms with E-state index in [9.17, 15) is 4.79 Å². The predicted molar refractivity (Wildman–Crippen MR) is 92.5 cm³/mol. The molecule has 130 valence electrons. The Kier molecular flexibility index (Phi) is 8.90. The maximum absolute atomic E-state index is 11.8. The first-order chi connectivity index (χ1) is 11.1. The van der Waals surface area contributed by atoms with Crippen LogP contribution in [0.5, 0.6) is 0 Å². The standard InChI is InChI=1S/C19H24N2O2.ClH/c1-21(14-12-16-6-3-2-4-7-16)13-5-15-23-19(22)17-8-10-18(20)11-9-17;/h2-4,6-11H,5,12-15,20H2,1H3;1H. The first-order valence-corrected chi connectivity index (χ1v) is 8.03. The second-order valence-corrected chi connectivity index (χ2v) is 5.80. The molecule has 0 saturated heterocycles. The normalized spacial score (nSPS) is 11.4. The Labute approximate surface area is 150 Å². The summed E-state index contributed by atoms with van der Waals surface area (Å²) in [6.45, 7) is 2.52. The molecule has 4 nitrogen and oxygen atoms in total. The van der Waals surface area contributed by atoms with Gasteiger partial charge in [-0.05, 0) is 29.8 Å². The first kappa shape index (κ1) is 20.0. The van der Waals surface area contributed by atoms with E-state index in [1.165, 1.54) is 10.5 Å². The van der Waals surface area contributed by atoms with Gasteiger partial charge in [0.05, 0.1) is 32.3 Å². The molecule has 0 heterocycles. The monoisotopic (exact) mass is 348 g/mol. The van der Waals surface area contributed by atoms with Crippen molar-refractivity contribution in [1.29, 1.82) is 0 Å². The average Bonchev–Trinajstić information content (AvgIpc) is 2.58. The van der Waals surface area contributed by atoms with Crippen molar-refractivity contribution in [3.63, 3.8) is 0 Å². The van der Waals surface area contributed by atoms with Crippen molar-refractivity contribution in [2.45, 2.75) is 12.8 Å². The maximum atomic E-state index is 11.8. The predicted octanol–water partition coefficient (Wildman–Crippen LogP) is -1.42. The van der Waals surface area contributed by atoms with E-state index < -0.39 is 0 Å². The van der Waals surface area contributed by atoms with Crippen molar-refractivity contribution in [2.24, 2.45) is 0 Å². The van der Waals surface area contributed by atoms with Crippen LogP contribution in [0.4, 0.5) is 5.69 Å². The number of benzene rings is 2. The summed E-state index contributed by atoms with van der Waals surface area (Å²) in [5.74, 6) is -0.285. The van der Waals surface area contributed by atoms with Gasteiger partial charge < -0.3 is 27.8 Å². The highest BCUT2D eigenvalue weighted by molar-refractivity contribution is 5.89. The van der Waals surface area contributed by atoms with Gasteiger partial charge in [-0.1, -0.05) is 30.3 Å². The van der Waals surface area contributed by atoms with Crippen molar-refractivity contribution in [3.8, 4) is 0 Å². The SMILES string of the molecule is C[NH+](CCCOC(=O)c1ccc(N)cc1)CCc1ccccc1.[Cl-]. The number of hydrogen-bond acceptors (Lipinski definition) is 3. The number of nitrogens with two attached hydrogens (primary N) is 1. The van der Waals surface area contributed by atoms with Crippen LogP contribution in [0, 0.1) is 0 Å². The number of ether oxygens (including phenoxy) is 1. The number of esters is 1. The lowest BCUT2D eigenvalue weighted by Crippen LogP contribution is -3.09. The number of nitrogens with one attached hydrogen (secondary N) is 1. The number of halogens is 1. The van der Waals surface area contributed by atoms with Crippen LogP contribution in [0.1, 0.15) is 22.3 Å². The summed E-state index contributed by atoms with van der Waals surface area (Å²) >= 11 is 0. The van der Waals surface area contributed by atoms with Gasteiger partial charge in [0.1, 0.15) is 0 Å².